The average Bonchev–Trinajstić information content (AvgIpc) is 2.66. The maximum atomic E-state index is 12.8. The van der Waals surface area contributed by atoms with E-state index in [2.05, 4.69) is 31.2 Å². The number of rotatable bonds is 10. The highest BCUT2D eigenvalue weighted by atomic mass is 16.1. The maximum Gasteiger partial charge on any atom is 0.157 e. The van der Waals surface area contributed by atoms with Crippen molar-refractivity contribution in [1.29, 1.82) is 0 Å². The summed E-state index contributed by atoms with van der Waals surface area (Å²) in [6.45, 7) is 4.16. The molecule has 0 bridgehead atoms. The molecule has 2 nitrogen and oxygen atoms in total. The topological polar surface area (TPSA) is 43.1 Å². The third-order valence-electron chi connectivity index (χ3n) is 5.16. The molecular weight excluding hydrogens is 306 g/mol. The second-order valence-corrected chi connectivity index (χ2v) is 7.04. The Morgan fingerprint density at radius 1 is 1.00 bits per heavy atom. The molecule has 25 heavy (non-hydrogen) atoms. The number of hydrogen-bond acceptors (Lipinski definition) is 2. The van der Waals surface area contributed by atoms with E-state index in [1.807, 2.05) is 43.3 Å². The first-order chi connectivity index (χ1) is 12.1. The predicted octanol–water partition coefficient (Wildman–Crippen LogP) is 5.26. The summed E-state index contributed by atoms with van der Waals surface area (Å²) in [5.74, 6) is 0.293. The van der Waals surface area contributed by atoms with Crippen LogP contribution in [0.3, 0.4) is 0 Å². The minimum Gasteiger partial charge on any atom is -0.315 e. The Bertz CT molecular complexity index is 638. The third kappa shape index (κ3) is 5.02. The molecule has 0 aliphatic rings. The first-order valence-corrected chi connectivity index (χ1v) is 9.50. The normalized spacial score (nSPS) is 14.7. The van der Waals surface area contributed by atoms with E-state index in [4.69, 9.17) is 5.73 Å². The molecule has 2 rings (SSSR count). The molecule has 0 radical (unpaired) electrons. The van der Waals surface area contributed by atoms with Gasteiger partial charge in [0.25, 0.3) is 0 Å². The largest absolute Gasteiger partial charge is 0.315 e. The molecule has 2 heteroatoms. The summed E-state index contributed by atoms with van der Waals surface area (Å²) in [6.07, 6.45) is 5.64. The summed E-state index contributed by atoms with van der Waals surface area (Å²) in [7, 11) is 0. The van der Waals surface area contributed by atoms with Crippen molar-refractivity contribution >= 4 is 5.78 Å². The zero-order chi connectivity index (χ0) is 18.1. The average molecular weight is 338 g/mol. The lowest BCUT2D eigenvalue weighted by Crippen LogP contribution is -2.50. The van der Waals surface area contributed by atoms with Crippen molar-refractivity contribution in [3.05, 3.63) is 71.8 Å². The Kier molecular flexibility index (Phi) is 7.39. The summed E-state index contributed by atoms with van der Waals surface area (Å²) >= 11 is 0. The van der Waals surface area contributed by atoms with Gasteiger partial charge in [0.1, 0.15) is 5.54 Å². The molecule has 0 aliphatic heterocycles. The lowest BCUT2D eigenvalue weighted by molar-refractivity contribution is -0.126. The number of Topliss-reactive ketones (excluding diaryl/α,β-unsaturated/α-hetero) is 1. The van der Waals surface area contributed by atoms with Crippen LogP contribution in [0.4, 0.5) is 0 Å². The molecule has 0 amide bonds. The Balaban J connectivity index is 2.00. The zero-order valence-electron chi connectivity index (χ0n) is 15.6. The van der Waals surface area contributed by atoms with Crippen LogP contribution in [0.5, 0.6) is 0 Å². The number of ketones is 1. The fourth-order valence-electron chi connectivity index (χ4n) is 3.52. The molecule has 2 unspecified atom stereocenters. The van der Waals surface area contributed by atoms with Crippen LogP contribution in [0.15, 0.2) is 60.7 Å². The fourth-order valence-corrected chi connectivity index (χ4v) is 3.52. The lowest BCUT2D eigenvalue weighted by Gasteiger charge is -2.35. The van der Waals surface area contributed by atoms with Crippen molar-refractivity contribution in [1.82, 2.24) is 0 Å². The van der Waals surface area contributed by atoms with Gasteiger partial charge in [0.05, 0.1) is 0 Å². The summed E-state index contributed by atoms with van der Waals surface area (Å²) in [5.41, 5.74) is 8.19. The number of hydrogen-bond donors (Lipinski definition) is 1. The van der Waals surface area contributed by atoms with Crippen LogP contribution in [-0.4, -0.2) is 5.78 Å². The monoisotopic (exact) mass is 337 g/mol. The number of benzene rings is 2. The number of aryl methyl sites for hydroxylation is 1. The van der Waals surface area contributed by atoms with Crippen molar-refractivity contribution < 1.29 is 4.79 Å². The standard InChI is InChI=1S/C23H31NO/c1-3-12-22(25)23(24,21-17-8-5-9-18-21)19(2)13-10-11-16-20-14-6-4-7-15-20/h4-9,14-15,17-19H,3,10-13,16,24H2,1-2H3. The van der Waals surface area contributed by atoms with Gasteiger partial charge in [-0.3, -0.25) is 4.79 Å². The van der Waals surface area contributed by atoms with E-state index in [0.717, 1.165) is 37.7 Å². The Morgan fingerprint density at radius 2 is 1.60 bits per heavy atom. The van der Waals surface area contributed by atoms with Gasteiger partial charge in [0.15, 0.2) is 5.78 Å². The van der Waals surface area contributed by atoms with E-state index in [1.54, 1.807) is 0 Å². The SMILES string of the molecule is CCCC(=O)C(N)(c1ccccc1)C(C)CCCCc1ccccc1. The molecule has 134 valence electrons. The van der Waals surface area contributed by atoms with Crippen LogP contribution in [-0.2, 0) is 16.8 Å². The first kappa shape index (κ1) is 19.4. The van der Waals surface area contributed by atoms with Gasteiger partial charge in [-0.05, 0) is 42.7 Å². The van der Waals surface area contributed by atoms with Crippen molar-refractivity contribution in [2.45, 2.75) is 57.9 Å². The summed E-state index contributed by atoms with van der Waals surface area (Å²) in [5, 5.41) is 0. The van der Waals surface area contributed by atoms with Crippen LogP contribution in [0.1, 0.15) is 57.1 Å². The van der Waals surface area contributed by atoms with E-state index < -0.39 is 5.54 Å². The van der Waals surface area contributed by atoms with E-state index in [0.29, 0.717) is 6.42 Å². The highest BCUT2D eigenvalue weighted by molar-refractivity contribution is 5.89. The molecule has 0 aromatic heterocycles. The second-order valence-electron chi connectivity index (χ2n) is 7.04. The molecule has 0 fully saturated rings. The molecule has 0 heterocycles. The third-order valence-corrected chi connectivity index (χ3v) is 5.16. The van der Waals surface area contributed by atoms with Crippen LogP contribution in [0, 0.1) is 5.92 Å². The number of carbonyl (C=O) groups is 1. The van der Waals surface area contributed by atoms with Crippen LogP contribution >= 0.6 is 0 Å². The van der Waals surface area contributed by atoms with Crippen molar-refractivity contribution in [2.24, 2.45) is 11.7 Å². The van der Waals surface area contributed by atoms with Crippen LogP contribution in [0.25, 0.3) is 0 Å². The number of unbranched alkanes of at least 4 members (excludes halogenated alkanes) is 1. The summed E-state index contributed by atoms with van der Waals surface area (Å²) < 4.78 is 0. The predicted molar refractivity (Wildman–Crippen MR) is 105 cm³/mol. The molecule has 2 N–H and O–H groups in total. The van der Waals surface area contributed by atoms with Gasteiger partial charge in [-0.25, -0.2) is 0 Å². The van der Waals surface area contributed by atoms with Gasteiger partial charge in [-0.15, -0.1) is 0 Å². The zero-order valence-corrected chi connectivity index (χ0v) is 15.6. The van der Waals surface area contributed by atoms with Gasteiger partial charge in [-0.1, -0.05) is 80.9 Å². The molecule has 0 saturated carbocycles. The minimum absolute atomic E-state index is 0.129. The maximum absolute atomic E-state index is 12.8. The first-order valence-electron chi connectivity index (χ1n) is 9.50. The van der Waals surface area contributed by atoms with Gasteiger partial charge in [0, 0.05) is 6.42 Å². The minimum atomic E-state index is -0.871. The number of carbonyl (C=O) groups excluding carboxylic acids is 1. The van der Waals surface area contributed by atoms with E-state index >= 15 is 0 Å². The molecule has 0 saturated heterocycles. The molecule has 0 spiro atoms. The number of nitrogens with two attached hydrogens (primary N) is 1. The fraction of sp³-hybridized carbons (Fsp3) is 0.435. The van der Waals surface area contributed by atoms with Crippen molar-refractivity contribution in [2.75, 3.05) is 0 Å². The summed E-state index contributed by atoms with van der Waals surface area (Å²) in [4.78, 5) is 12.8. The molecule has 2 atom stereocenters. The quantitative estimate of drug-likeness (QED) is 0.601. The highest BCUT2D eigenvalue weighted by Gasteiger charge is 2.39. The Hall–Kier alpha value is -1.93. The lowest BCUT2D eigenvalue weighted by atomic mass is 9.73. The van der Waals surface area contributed by atoms with Gasteiger partial charge < -0.3 is 5.73 Å². The van der Waals surface area contributed by atoms with Gasteiger partial charge in [-0.2, -0.15) is 0 Å². The molecule has 0 aliphatic carbocycles. The molecule has 2 aromatic carbocycles. The smallest absolute Gasteiger partial charge is 0.157 e. The van der Waals surface area contributed by atoms with E-state index in [9.17, 15) is 4.79 Å². The van der Waals surface area contributed by atoms with E-state index in [1.165, 1.54) is 5.56 Å². The van der Waals surface area contributed by atoms with Crippen molar-refractivity contribution in [3.63, 3.8) is 0 Å². The highest BCUT2D eigenvalue weighted by Crippen LogP contribution is 2.33. The molecular formula is C23H31NO. The molecule has 2 aromatic rings. The summed E-state index contributed by atoms with van der Waals surface area (Å²) in [6, 6.07) is 20.5. The van der Waals surface area contributed by atoms with E-state index in [-0.39, 0.29) is 11.7 Å². The second kappa shape index (κ2) is 9.53. The Labute approximate surface area is 152 Å². The van der Waals surface area contributed by atoms with Crippen LogP contribution in [0.2, 0.25) is 0 Å². The van der Waals surface area contributed by atoms with Gasteiger partial charge >= 0.3 is 0 Å². The van der Waals surface area contributed by atoms with Crippen molar-refractivity contribution in [3.8, 4) is 0 Å². The van der Waals surface area contributed by atoms with Gasteiger partial charge in [0.2, 0.25) is 0 Å². The van der Waals surface area contributed by atoms with Crippen LogP contribution < -0.4 is 5.73 Å². The Morgan fingerprint density at radius 3 is 2.20 bits per heavy atom.